The molecule has 0 spiro atoms. The average Bonchev–Trinajstić information content (AvgIpc) is 2.65. The maximum absolute atomic E-state index is 11.9. The van der Waals surface area contributed by atoms with Crippen LogP contribution >= 0.6 is 0 Å². The number of para-hydroxylation sites is 1. The fourth-order valence-corrected chi connectivity index (χ4v) is 2.78. The van der Waals surface area contributed by atoms with Crippen molar-refractivity contribution >= 4 is 11.7 Å². The molecule has 0 bridgehead atoms. The Balaban J connectivity index is 1.96. The lowest BCUT2D eigenvalue weighted by atomic mass is 10.1. The minimum atomic E-state index is -0.610. The Morgan fingerprint density at radius 3 is 2.68 bits per heavy atom. The van der Waals surface area contributed by atoms with Gasteiger partial charge in [-0.3, -0.25) is 9.59 Å². The number of carbonyl (C=O) groups excluding carboxylic acids is 2. The van der Waals surface area contributed by atoms with Crippen molar-refractivity contribution in [2.45, 2.75) is 6.54 Å². The van der Waals surface area contributed by atoms with E-state index >= 15 is 0 Å². The van der Waals surface area contributed by atoms with Crippen molar-refractivity contribution in [2.75, 3.05) is 20.8 Å². The first-order valence-electron chi connectivity index (χ1n) is 7.77. The summed E-state index contributed by atoms with van der Waals surface area (Å²) < 4.78 is 10.8. The van der Waals surface area contributed by atoms with Crippen molar-refractivity contribution in [1.82, 2.24) is 15.5 Å². The molecule has 0 aliphatic carbocycles. The number of allylic oxidation sites excluding steroid dienone is 3. The fraction of sp³-hybridized carbons (Fsp3) is 0.222. The van der Waals surface area contributed by atoms with Gasteiger partial charge in [-0.15, -0.1) is 0 Å². The van der Waals surface area contributed by atoms with Crippen LogP contribution in [0.25, 0.3) is 0 Å². The molecule has 1 fully saturated rings. The summed E-state index contributed by atoms with van der Waals surface area (Å²) in [5.41, 5.74) is 1.56. The Hall–Kier alpha value is -3.22. The van der Waals surface area contributed by atoms with E-state index in [1.165, 1.54) is 0 Å². The van der Waals surface area contributed by atoms with Crippen LogP contribution in [-0.4, -0.2) is 37.4 Å². The minimum absolute atomic E-state index is 0.00966. The summed E-state index contributed by atoms with van der Waals surface area (Å²) in [4.78, 5) is 25.5. The predicted molar refractivity (Wildman–Crippen MR) is 91.5 cm³/mol. The molecular weight excluding hydrogens is 322 g/mol. The van der Waals surface area contributed by atoms with Crippen LogP contribution in [0.2, 0.25) is 0 Å². The second kappa shape index (κ2) is 7.12. The molecule has 7 nitrogen and oxygen atoms in total. The van der Waals surface area contributed by atoms with Crippen molar-refractivity contribution in [2.24, 2.45) is 0 Å². The number of methoxy groups -OCH3 is 2. The normalized spacial score (nSPS) is 19.5. The van der Waals surface area contributed by atoms with Crippen LogP contribution in [0.5, 0.6) is 11.5 Å². The summed E-state index contributed by atoms with van der Waals surface area (Å²) in [7, 11) is 3.14. The smallest absolute Gasteiger partial charge is 0.294 e. The van der Waals surface area contributed by atoms with E-state index in [0.29, 0.717) is 29.6 Å². The van der Waals surface area contributed by atoms with E-state index in [1.54, 1.807) is 31.4 Å². The van der Waals surface area contributed by atoms with E-state index < -0.39 is 11.7 Å². The lowest BCUT2D eigenvalue weighted by Crippen LogP contribution is -2.50. The molecule has 1 saturated heterocycles. The zero-order valence-corrected chi connectivity index (χ0v) is 14.0. The average molecular weight is 341 g/mol. The topological polar surface area (TPSA) is 79.9 Å². The van der Waals surface area contributed by atoms with E-state index in [9.17, 15) is 9.59 Å². The van der Waals surface area contributed by atoms with Crippen molar-refractivity contribution < 1.29 is 19.1 Å². The fourth-order valence-electron chi connectivity index (χ4n) is 2.78. The number of ketones is 1. The van der Waals surface area contributed by atoms with Crippen molar-refractivity contribution in [3.05, 3.63) is 59.7 Å². The van der Waals surface area contributed by atoms with Gasteiger partial charge in [0.1, 0.15) is 5.82 Å². The summed E-state index contributed by atoms with van der Waals surface area (Å²) in [6.45, 7) is 0.370. The summed E-state index contributed by atoms with van der Waals surface area (Å²) >= 11 is 0. The summed E-state index contributed by atoms with van der Waals surface area (Å²) in [5.74, 6) is 0.670. The second-order valence-electron chi connectivity index (χ2n) is 5.51. The number of nitrogens with zero attached hydrogens (tertiary/aromatic N) is 1. The largest absolute Gasteiger partial charge is 0.493 e. The Bertz CT molecular complexity index is 796. The third-order valence-corrected chi connectivity index (χ3v) is 3.95. The first kappa shape index (κ1) is 16.6. The first-order chi connectivity index (χ1) is 12.1. The number of Topliss-reactive ketones (excluding diaryl/α,β-unsaturated/α-hetero) is 1. The number of ether oxygens (including phenoxy) is 2. The van der Waals surface area contributed by atoms with E-state index in [-0.39, 0.29) is 6.54 Å². The van der Waals surface area contributed by atoms with Crippen molar-refractivity contribution in [3.8, 4) is 11.5 Å². The molecule has 0 atom stereocenters. The number of amides is 1. The molecule has 0 saturated carbocycles. The van der Waals surface area contributed by atoms with Gasteiger partial charge in [0.2, 0.25) is 5.78 Å². The SMILES string of the molecule is COc1cccc(CN2CC(=O)C(=O)NC2=C2C=CC=CN2)c1OC. The molecular formula is C18H19N3O4. The standard InChI is InChI=1S/C18H19N3O4/c1-24-15-8-5-6-12(16(15)25-2)10-21-11-14(22)18(23)20-17(21)13-7-3-4-9-19-13/h3-9,19H,10-11H2,1-2H3,(H,20,23). The van der Waals surface area contributed by atoms with E-state index in [2.05, 4.69) is 10.6 Å². The molecule has 2 heterocycles. The minimum Gasteiger partial charge on any atom is -0.493 e. The van der Waals surface area contributed by atoms with Gasteiger partial charge in [-0.2, -0.15) is 0 Å². The van der Waals surface area contributed by atoms with E-state index in [4.69, 9.17) is 9.47 Å². The van der Waals surface area contributed by atoms with Gasteiger partial charge >= 0.3 is 0 Å². The molecule has 130 valence electrons. The van der Waals surface area contributed by atoms with Gasteiger partial charge < -0.3 is 25.0 Å². The van der Waals surface area contributed by atoms with Gasteiger partial charge in [-0.1, -0.05) is 18.2 Å². The molecule has 1 aromatic carbocycles. The summed E-state index contributed by atoms with van der Waals surface area (Å²) in [5, 5.41) is 5.75. The van der Waals surface area contributed by atoms with Gasteiger partial charge in [0.15, 0.2) is 11.5 Å². The molecule has 0 radical (unpaired) electrons. The Morgan fingerprint density at radius 1 is 1.16 bits per heavy atom. The van der Waals surface area contributed by atoms with Gasteiger partial charge in [0.05, 0.1) is 26.5 Å². The molecule has 0 aromatic heterocycles. The van der Waals surface area contributed by atoms with Gasteiger partial charge in [0, 0.05) is 18.3 Å². The molecule has 2 aliphatic heterocycles. The predicted octanol–water partition coefficient (Wildman–Crippen LogP) is 1.05. The van der Waals surface area contributed by atoms with Crippen LogP contribution in [0.4, 0.5) is 0 Å². The highest BCUT2D eigenvalue weighted by Gasteiger charge is 2.30. The van der Waals surface area contributed by atoms with Crippen LogP contribution in [-0.2, 0) is 16.1 Å². The number of dihydropyridines is 1. The molecule has 25 heavy (non-hydrogen) atoms. The number of hydrogen-bond donors (Lipinski definition) is 2. The Morgan fingerprint density at radius 2 is 2.00 bits per heavy atom. The molecule has 0 unspecified atom stereocenters. The third kappa shape index (κ3) is 3.35. The van der Waals surface area contributed by atoms with Crippen molar-refractivity contribution in [1.29, 1.82) is 0 Å². The zero-order valence-electron chi connectivity index (χ0n) is 14.0. The molecule has 1 aromatic rings. The van der Waals surface area contributed by atoms with E-state index in [1.807, 2.05) is 30.4 Å². The van der Waals surface area contributed by atoms with Crippen LogP contribution in [0.15, 0.2) is 54.1 Å². The number of nitrogens with one attached hydrogen (secondary N) is 2. The highest BCUT2D eigenvalue weighted by atomic mass is 16.5. The van der Waals surface area contributed by atoms with Crippen LogP contribution in [0.3, 0.4) is 0 Å². The second-order valence-corrected chi connectivity index (χ2v) is 5.51. The molecule has 3 rings (SSSR count). The summed E-state index contributed by atoms with van der Waals surface area (Å²) in [6.07, 6.45) is 7.29. The molecule has 2 N–H and O–H groups in total. The maximum atomic E-state index is 11.9. The zero-order chi connectivity index (χ0) is 17.8. The monoisotopic (exact) mass is 341 g/mol. The number of carbonyl (C=O) groups is 2. The van der Waals surface area contributed by atoms with Crippen molar-refractivity contribution in [3.63, 3.8) is 0 Å². The Labute approximate surface area is 145 Å². The first-order valence-corrected chi connectivity index (χ1v) is 7.77. The lowest BCUT2D eigenvalue weighted by molar-refractivity contribution is -0.140. The molecule has 2 aliphatic rings. The van der Waals surface area contributed by atoms with Crippen LogP contribution < -0.4 is 20.1 Å². The van der Waals surface area contributed by atoms with Gasteiger partial charge in [0.25, 0.3) is 5.91 Å². The van der Waals surface area contributed by atoms with Crippen LogP contribution in [0, 0.1) is 0 Å². The number of benzene rings is 1. The van der Waals surface area contributed by atoms with Gasteiger partial charge in [-0.05, 0) is 18.2 Å². The number of rotatable bonds is 4. The highest BCUT2D eigenvalue weighted by Crippen LogP contribution is 2.32. The lowest BCUT2D eigenvalue weighted by Gasteiger charge is -2.33. The van der Waals surface area contributed by atoms with E-state index in [0.717, 1.165) is 5.56 Å². The Kier molecular flexibility index (Phi) is 4.74. The highest BCUT2D eigenvalue weighted by molar-refractivity contribution is 6.38. The summed E-state index contributed by atoms with van der Waals surface area (Å²) in [6, 6.07) is 5.56. The quantitative estimate of drug-likeness (QED) is 0.797. The van der Waals surface area contributed by atoms with Crippen LogP contribution in [0.1, 0.15) is 5.56 Å². The third-order valence-electron chi connectivity index (χ3n) is 3.95. The maximum Gasteiger partial charge on any atom is 0.294 e. The van der Waals surface area contributed by atoms with Gasteiger partial charge in [-0.25, -0.2) is 0 Å². The molecule has 1 amide bonds. The number of hydrogen-bond acceptors (Lipinski definition) is 6. The molecule has 7 heteroatoms.